The van der Waals surface area contributed by atoms with Crippen molar-refractivity contribution in [3.05, 3.63) is 75.9 Å². The molecule has 4 aromatic rings. The zero-order valence-electron chi connectivity index (χ0n) is 19.2. The first-order valence-corrected chi connectivity index (χ1v) is 12.3. The average molecular weight is 472 g/mol. The molecule has 1 aromatic carbocycles. The molecule has 0 unspecified atom stereocenters. The highest BCUT2D eigenvalue weighted by Crippen LogP contribution is 2.39. The minimum Gasteiger partial charge on any atom is -0.462 e. The number of thiophene rings is 1. The fraction of sp³-hybridized carbons (Fsp3) is 0.259. The molecule has 1 amide bonds. The molecule has 0 fully saturated rings. The van der Waals surface area contributed by atoms with Crippen molar-refractivity contribution in [1.29, 1.82) is 0 Å². The summed E-state index contributed by atoms with van der Waals surface area (Å²) in [5.74, 6) is -0.643. The van der Waals surface area contributed by atoms with Crippen LogP contribution in [0.4, 0.5) is 5.00 Å². The molecule has 3 heterocycles. The lowest BCUT2D eigenvalue weighted by atomic mass is 9.95. The summed E-state index contributed by atoms with van der Waals surface area (Å²) in [6, 6.07) is 11.4. The van der Waals surface area contributed by atoms with Gasteiger partial charge in [0.05, 0.1) is 28.9 Å². The van der Waals surface area contributed by atoms with Crippen LogP contribution in [0.1, 0.15) is 56.5 Å². The van der Waals surface area contributed by atoms with E-state index in [0.717, 1.165) is 58.2 Å². The summed E-state index contributed by atoms with van der Waals surface area (Å²) in [5, 5.41) is 4.38. The number of pyridine rings is 2. The van der Waals surface area contributed by atoms with E-state index in [1.165, 1.54) is 11.3 Å². The number of ether oxygens (including phenoxy) is 1. The van der Waals surface area contributed by atoms with Gasteiger partial charge in [-0.05, 0) is 75.4 Å². The number of rotatable bonds is 5. The molecule has 0 radical (unpaired) electrons. The van der Waals surface area contributed by atoms with Gasteiger partial charge in [0.15, 0.2) is 0 Å². The Balaban J connectivity index is 1.60. The van der Waals surface area contributed by atoms with E-state index in [2.05, 4.69) is 10.3 Å². The van der Waals surface area contributed by atoms with Crippen molar-refractivity contribution in [2.45, 2.75) is 39.5 Å². The minimum absolute atomic E-state index is 0.271. The Morgan fingerprint density at radius 1 is 1.15 bits per heavy atom. The summed E-state index contributed by atoms with van der Waals surface area (Å²) < 4.78 is 5.34. The fourth-order valence-corrected chi connectivity index (χ4v) is 5.71. The van der Waals surface area contributed by atoms with Crippen molar-refractivity contribution in [1.82, 2.24) is 9.97 Å². The van der Waals surface area contributed by atoms with Gasteiger partial charge >= 0.3 is 5.97 Å². The van der Waals surface area contributed by atoms with E-state index < -0.39 is 0 Å². The fourth-order valence-electron chi connectivity index (χ4n) is 4.43. The zero-order chi connectivity index (χ0) is 23.7. The van der Waals surface area contributed by atoms with Crippen LogP contribution in [0.15, 0.2) is 48.8 Å². The van der Waals surface area contributed by atoms with Gasteiger partial charge in [-0.25, -0.2) is 9.78 Å². The first-order valence-electron chi connectivity index (χ1n) is 11.5. The van der Waals surface area contributed by atoms with E-state index in [-0.39, 0.29) is 11.9 Å². The van der Waals surface area contributed by atoms with Crippen molar-refractivity contribution >= 4 is 39.1 Å². The molecule has 172 valence electrons. The van der Waals surface area contributed by atoms with Crippen LogP contribution < -0.4 is 5.32 Å². The van der Waals surface area contributed by atoms with Crippen LogP contribution in [0.3, 0.4) is 0 Å². The number of amides is 1. The van der Waals surface area contributed by atoms with Gasteiger partial charge in [-0.1, -0.05) is 11.6 Å². The highest BCUT2D eigenvalue weighted by Gasteiger charge is 2.28. The minimum atomic E-state index is -0.372. The smallest absolute Gasteiger partial charge is 0.341 e. The number of carbonyl (C=O) groups is 2. The monoisotopic (exact) mass is 471 g/mol. The number of esters is 1. The zero-order valence-corrected chi connectivity index (χ0v) is 20.0. The van der Waals surface area contributed by atoms with E-state index in [9.17, 15) is 9.59 Å². The standard InChI is InChI=1S/C27H25N3O3S/c1-3-33-27(32)24-18-8-4-5-9-23(18)34-26(24)30-25(31)20-14-22(17-7-6-12-28-15-17)29-21-11-10-16(2)13-19(20)21/h6-7,10-15H,3-5,8-9H2,1-2H3,(H,30,31). The Bertz CT molecular complexity index is 1400. The predicted molar refractivity (Wildman–Crippen MR) is 135 cm³/mol. The van der Waals surface area contributed by atoms with Crippen LogP contribution in [0, 0.1) is 6.92 Å². The number of hydrogen-bond donors (Lipinski definition) is 1. The topological polar surface area (TPSA) is 81.2 Å². The van der Waals surface area contributed by atoms with Crippen LogP contribution in [-0.2, 0) is 17.6 Å². The van der Waals surface area contributed by atoms with E-state index in [4.69, 9.17) is 9.72 Å². The van der Waals surface area contributed by atoms with E-state index in [1.807, 2.05) is 37.3 Å². The number of anilines is 1. The lowest BCUT2D eigenvalue weighted by molar-refractivity contribution is 0.0526. The van der Waals surface area contributed by atoms with E-state index in [1.54, 1.807) is 25.4 Å². The maximum atomic E-state index is 13.7. The van der Waals surface area contributed by atoms with Gasteiger partial charge in [0.25, 0.3) is 5.91 Å². The van der Waals surface area contributed by atoms with Crippen molar-refractivity contribution in [2.24, 2.45) is 0 Å². The number of nitrogens with one attached hydrogen (secondary N) is 1. The first kappa shape index (κ1) is 22.2. The molecule has 0 bridgehead atoms. The van der Waals surface area contributed by atoms with Crippen molar-refractivity contribution in [2.75, 3.05) is 11.9 Å². The van der Waals surface area contributed by atoms with E-state index in [0.29, 0.717) is 28.4 Å². The maximum Gasteiger partial charge on any atom is 0.341 e. The molecule has 7 heteroatoms. The normalized spacial score (nSPS) is 12.9. The predicted octanol–water partition coefficient (Wildman–Crippen LogP) is 5.97. The number of hydrogen-bond acceptors (Lipinski definition) is 6. The molecular weight excluding hydrogens is 446 g/mol. The Labute approximate surface area is 202 Å². The SMILES string of the molecule is CCOC(=O)c1c(NC(=O)c2cc(-c3cccnc3)nc3ccc(C)cc23)sc2c1CCCC2. The number of benzene rings is 1. The number of carbonyl (C=O) groups excluding carboxylic acids is 2. The quantitative estimate of drug-likeness (QED) is 0.363. The Morgan fingerprint density at radius 3 is 2.79 bits per heavy atom. The van der Waals surface area contributed by atoms with Gasteiger partial charge in [-0.2, -0.15) is 0 Å². The summed E-state index contributed by atoms with van der Waals surface area (Å²) in [4.78, 5) is 36.6. The Kier molecular flexibility index (Phi) is 6.11. The third-order valence-corrected chi connectivity index (χ3v) is 7.25. The molecule has 0 aliphatic heterocycles. The average Bonchev–Trinajstić information content (AvgIpc) is 3.22. The second kappa shape index (κ2) is 9.35. The first-order chi connectivity index (χ1) is 16.5. The second-order valence-corrected chi connectivity index (χ2v) is 9.51. The summed E-state index contributed by atoms with van der Waals surface area (Å²) in [6.45, 7) is 4.07. The van der Waals surface area contributed by atoms with Crippen LogP contribution >= 0.6 is 11.3 Å². The maximum absolute atomic E-state index is 13.7. The van der Waals surface area contributed by atoms with Gasteiger partial charge in [-0.15, -0.1) is 11.3 Å². The summed E-state index contributed by atoms with van der Waals surface area (Å²) in [6.07, 6.45) is 7.31. The second-order valence-electron chi connectivity index (χ2n) is 8.41. The van der Waals surface area contributed by atoms with Gasteiger partial charge in [0.2, 0.25) is 0 Å². The molecule has 34 heavy (non-hydrogen) atoms. The molecule has 0 atom stereocenters. The molecule has 3 aromatic heterocycles. The summed E-state index contributed by atoms with van der Waals surface area (Å²) in [5.41, 5.74) is 5.31. The third kappa shape index (κ3) is 4.19. The number of aryl methyl sites for hydroxylation is 2. The van der Waals surface area contributed by atoms with E-state index >= 15 is 0 Å². The molecule has 1 aliphatic carbocycles. The molecule has 0 saturated carbocycles. The number of nitrogens with zero attached hydrogens (tertiary/aromatic N) is 2. The molecule has 5 rings (SSSR count). The number of aromatic nitrogens is 2. The van der Waals surface area contributed by atoms with Crippen LogP contribution in [-0.4, -0.2) is 28.5 Å². The van der Waals surface area contributed by atoms with Crippen molar-refractivity contribution in [3.8, 4) is 11.3 Å². The van der Waals surface area contributed by atoms with Gasteiger partial charge < -0.3 is 10.1 Å². The molecule has 0 saturated heterocycles. The van der Waals surface area contributed by atoms with Gasteiger partial charge in [0.1, 0.15) is 5.00 Å². The van der Waals surface area contributed by atoms with Gasteiger partial charge in [-0.3, -0.25) is 9.78 Å². The summed E-state index contributed by atoms with van der Waals surface area (Å²) in [7, 11) is 0. The highest BCUT2D eigenvalue weighted by atomic mass is 32.1. The lowest BCUT2D eigenvalue weighted by Crippen LogP contribution is -2.16. The lowest BCUT2D eigenvalue weighted by Gasteiger charge is -2.13. The van der Waals surface area contributed by atoms with Crippen LogP contribution in [0.25, 0.3) is 22.2 Å². The Hall–Kier alpha value is -3.58. The van der Waals surface area contributed by atoms with Gasteiger partial charge in [0, 0.05) is 28.2 Å². The number of fused-ring (bicyclic) bond motifs is 2. The molecular formula is C27H25N3O3S. The van der Waals surface area contributed by atoms with Crippen LogP contribution in [0.2, 0.25) is 0 Å². The summed E-state index contributed by atoms with van der Waals surface area (Å²) >= 11 is 1.49. The molecule has 1 aliphatic rings. The highest BCUT2D eigenvalue weighted by molar-refractivity contribution is 7.17. The Morgan fingerprint density at radius 2 is 2.00 bits per heavy atom. The molecule has 0 spiro atoms. The third-order valence-electron chi connectivity index (χ3n) is 6.04. The van der Waals surface area contributed by atoms with Crippen molar-refractivity contribution < 1.29 is 14.3 Å². The molecule has 1 N–H and O–H groups in total. The largest absolute Gasteiger partial charge is 0.462 e. The van der Waals surface area contributed by atoms with Crippen LogP contribution in [0.5, 0.6) is 0 Å². The molecule has 6 nitrogen and oxygen atoms in total. The van der Waals surface area contributed by atoms with Crippen molar-refractivity contribution in [3.63, 3.8) is 0 Å².